The summed E-state index contributed by atoms with van der Waals surface area (Å²) < 4.78 is 26.7. The number of ether oxygens (including phenoxy) is 2. The lowest BCUT2D eigenvalue weighted by Crippen LogP contribution is -2.44. The molecule has 42 heavy (non-hydrogen) atoms. The van der Waals surface area contributed by atoms with Gasteiger partial charge in [-0.15, -0.1) is 0 Å². The SMILES string of the molecule is COc1cccc(OC)c1-c1cc(C(=O)NC(CCC2CCCCC2)CC(=O)NC2CCC2)nn1-c1ccc(F)cc1. The number of rotatable bonds is 12. The number of nitrogens with one attached hydrogen (secondary N) is 2. The van der Waals surface area contributed by atoms with Crippen molar-refractivity contribution in [3.8, 4) is 28.4 Å². The Morgan fingerprint density at radius 2 is 1.67 bits per heavy atom. The topological polar surface area (TPSA) is 94.5 Å². The highest BCUT2D eigenvalue weighted by Crippen LogP contribution is 2.39. The predicted molar refractivity (Wildman–Crippen MR) is 160 cm³/mol. The molecule has 0 spiro atoms. The van der Waals surface area contributed by atoms with E-state index in [1.54, 1.807) is 37.1 Å². The van der Waals surface area contributed by atoms with Gasteiger partial charge in [-0.25, -0.2) is 9.07 Å². The van der Waals surface area contributed by atoms with Crippen LogP contribution >= 0.6 is 0 Å². The van der Waals surface area contributed by atoms with E-state index in [1.807, 2.05) is 18.2 Å². The summed E-state index contributed by atoms with van der Waals surface area (Å²) in [5.74, 6) is 0.961. The van der Waals surface area contributed by atoms with Gasteiger partial charge in [0, 0.05) is 18.5 Å². The highest BCUT2D eigenvalue weighted by atomic mass is 19.1. The van der Waals surface area contributed by atoms with Crippen LogP contribution in [-0.4, -0.2) is 47.9 Å². The number of carbonyl (C=O) groups is 2. The molecule has 1 heterocycles. The van der Waals surface area contributed by atoms with E-state index in [2.05, 4.69) is 15.7 Å². The van der Waals surface area contributed by atoms with E-state index < -0.39 is 0 Å². The van der Waals surface area contributed by atoms with Crippen LogP contribution < -0.4 is 20.1 Å². The van der Waals surface area contributed by atoms with Gasteiger partial charge in [-0.1, -0.05) is 38.2 Å². The number of hydrogen-bond donors (Lipinski definition) is 2. The lowest BCUT2D eigenvalue weighted by Gasteiger charge is -2.28. The van der Waals surface area contributed by atoms with Crippen molar-refractivity contribution in [2.45, 2.75) is 82.7 Å². The first-order valence-corrected chi connectivity index (χ1v) is 15.1. The molecule has 0 radical (unpaired) electrons. The molecule has 224 valence electrons. The van der Waals surface area contributed by atoms with Crippen molar-refractivity contribution in [3.05, 3.63) is 60.0 Å². The molecule has 0 bridgehead atoms. The van der Waals surface area contributed by atoms with Crippen molar-refractivity contribution >= 4 is 11.8 Å². The third-order valence-corrected chi connectivity index (χ3v) is 8.58. The van der Waals surface area contributed by atoms with E-state index in [1.165, 1.54) is 44.2 Å². The second-order valence-corrected chi connectivity index (χ2v) is 11.5. The highest BCUT2D eigenvalue weighted by molar-refractivity contribution is 5.95. The molecule has 2 amide bonds. The van der Waals surface area contributed by atoms with Crippen molar-refractivity contribution in [1.29, 1.82) is 0 Å². The van der Waals surface area contributed by atoms with Crippen molar-refractivity contribution < 1.29 is 23.5 Å². The van der Waals surface area contributed by atoms with Crippen LogP contribution in [0.2, 0.25) is 0 Å². The predicted octanol–water partition coefficient (Wildman–Crippen LogP) is 6.21. The number of amides is 2. The molecule has 2 fully saturated rings. The summed E-state index contributed by atoms with van der Waals surface area (Å²) in [7, 11) is 3.13. The molecule has 0 saturated heterocycles. The molecule has 2 aliphatic rings. The molecule has 9 heteroatoms. The van der Waals surface area contributed by atoms with Gasteiger partial charge in [-0.3, -0.25) is 9.59 Å². The molecule has 0 aliphatic heterocycles. The third kappa shape index (κ3) is 7.12. The van der Waals surface area contributed by atoms with Gasteiger partial charge in [-0.2, -0.15) is 5.10 Å². The Hall–Kier alpha value is -3.88. The van der Waals surface area contributed by atoms with Crippen LogP contribution in [0.3, 0.4) is 0 Å². The fourth-order valence-corrected chi connectivity index (χ4v) is 6.01. The molecule has 1 atom stereocenters. The Balaban J connectivity index is 1.43. The van der Waals surface area contributed by atoms with E-state index in [0.717, 1.165) is 32.1 Å². The monoisotopic (exact) mass is 576 g/mol. The largest absolute Gasteiger partial charge is 0.496 e. The number of nitrogens with zero attached hydrogens (tertiary/aromatic N) is 2. The zero-order valence-electron chi connectivity index (χ0n) is 24.5. The third-order valence-electron chi connectivity index (χ3n) is 8.58. The lowest BCUT2D eigenvalue weighted by atomic mass is 9.85. The van der Waals surface area contributed by atoms with Crippen LogP contribution in [0.15, 0.2) is 48.5 Å². The van der Waals surface area contributed by atoms with E-state index in [4.69, 9.17) is 9.47 Å². The van der Waals surface area contributed by atoms with Gasteiger partial charge in [-0.05, 0) is 80.5 Å². The van der Waals surface area contributed by atoms with Crippen LogP contribution in [0.4, 0.5) is 4.39 Å². The number of methoxy groups -OCH3 is 2. The lowest BCUT2D eigenvalue weighted by molar-refractivity contribution is -0.122. The first-order valence-electron chi connectivity index (χ1n) is 15.1. The zero-order chi connectivity index (χ0) is 29.5. The van der Waals surface area contributed by atoms with E-state index in [0.29, 0.717) is 34.4 Å². The second-order valence-electron chi connectivity index (χ2n) is 11.5. The smallest absolute Gasteiger partial charge is 0.272 e. The summed E-state index contributed by atoms with van der Waals surface area (Å²) in [5.41, 5.74) is 1.94. The summed E-state index contributed by atoms with van der Waals surface area (Å²) in [6.45, 7) is 0. The maximum Gasteiger partial charge on any atom is 0.272 e. The van der Waals surface area contributed by atoms with Crippen LogP contribution in [-0.2, 0) is 4.79 Å². The summed E-state index contributed by atoms with van der Waals surface area (Å²) in [6.07, 6.45) is 11.3. The number of aromatic nitrogens is 2. The van der Waals surface area contributed by atoms with Crippen molar-refractivity contribution in [2.24, 2.45) is 5.92 Å². The molecule has 5 rings (SSSR count). The van der Waals surface area contributed by atoms with Gasteiger partial charge in [0.25, 0.3) is 5.91 Å². The Morgan fingerprint density at radius 1 is 0.976 bits per heavy atom. The van der Waals surface area contributed by atoms with Gasteiger partial charge in [0.15, 0.2) is 5.69 Å². The van der Waals surface area contributed by atoms with Gasteiger partial charge < -0.3 is 20.1 Å². The maximum atomic E-state index is 13.8. The van der Waals surface area contributed by atoms with Crippen molar-refractivity contribution in [1.82, 2.24) is 20.4 Å². The average Bonchev–Trinajstić information content (AvgIpc) is 3.43. The summed E-state index contributed by atoms with van der Waals surface area (Å²) in [4.78, 5) is 26.6. The molecule has 8 nitrogen and oxygen atoms in total. The molecule has 1 aromatic heterocycles. The molecule has 3 aromatic rings. The van der Waals surface area contributed by atoms with Crippen molar-refractivity contribution in [2.75, 3.05) is 14.2 Å². The molecule has 2 aromatic carbocycles. The highest BCUT2D eigenvalue weighted by Gasteiger charge is 2.27. The van der Waals surface area contributed by atoms with Crippen LogP contribution in [0.5, 0.6) is 11.5 Å². The zero-order valence-corrected chi connectivity index (χ0v) is 24.5. The van der Waals surface area contributed by atoms with Crippen LogP contribution in [0.1, 0.15) is 81.1 Å². The summed E-state index contributed by atoms with van der Waals surface area (Å²) >= 11 is 0. The fourth-order valence-electron chi connectivity index (χ4n) is 6.01. The first kappa shape index (κ1) is 29.6. The Morgan fingerprint density at radius 3 is 2.29 bits per heavy atom. The number of carbonyl (C=O) groups excluding carboxylic acids is 2. The van der Waals surface area contributed by atoms with Gasteiger partial charge in [0.1, 0.15) is 17.3 Å². The Bertz CT molecular complexity index is 1340. The Labute approximate surface area is 247 Å². The maximum absolute atomic E-state index is 13.8. The molecule has 2 aliphatic carbocycles. The van der Waals surface area contributed by atoms with Gasteiger partial charge in [0.2, 0.25) is 5.91 Å². The molecule has 1 unspecified atom stereocenters. The number of benzene rings is 2. The minimum absolute atomic E-state index is 0.0232. The van der Waals surface area contributed by atoms with Crippen LogP contribution in [0.25, 0.3) is 16.9 Å². The Kier molecular flexibility index (Phi) is 9.77. The minimum atomic E-state index is -0.374. The first-order chi connectivity index (χ1) is 20.4. The molecular weight excluding hydrogens is 535 g/mol. The van der Waals surface area contributed by atoms with Gasteiger partial charge >= 0.3 is 0 Å². The standard InChI is InChI=1S/C33H41FN4O4/c1-41-29-12-7-13-30(42-2)32(29)28-21-27(37-38(28)26-18-15-23(34)16-19-26)33(40)36-25(17-14-22-8-4-3-5-9-22)20-31(39)35-24-10-6-11-24/h7,12-13,15-16,18-19,21-22,24-25H,3-6,8-11,14,17,20H2,1-2H3,(H,35,39)(H,36,40). The van der Waals surface area contributed by atoms with E-state index >= 15 is 0 Å². The van der Waals surface area contributed by atoms with Crippen molar-refractivity contribution in [3.63, 3.8) is 0 Å². The van der Waals surface area contributed by atoms with E-state index in [-0.39, 0.29) is 41.8 Å². The summed E-state index contributed by atoms with van der Waals surface area (Å²) in [6, 6.07) is 13.0. The second kappa shape index (κ2) is 13.9. The minimum Gasteiger partial charge on any atom is -0.496 e. The van der Waals surface area contributed by atoms with Crippen LogP contribution in [0, 0.1) is 11.7 Å². The fraction of sp³-hybridized carbons (Fsp3) is 0.485. The molecule has 2 N–H and O–H groups in total. The quantitative estimate of drug-likeness (QED) is 0.267. The summed E-state index contributed by atoms with van der Waals surface area (Å²) in [5, 5.41) is 10.9. The molecular formula is C33H41FN4O4. The number of hydrogen-bond acceptors (Lipinski definition) is 5. The number of halogens is 1. The average molecular weight is 577 g/mol. The van der Waals surface area contributed by atoms with Gasteiger partial charge in [0.05, 0.1) is 31.2 Å². The molecule has 2 saturated carbocycles. The normalized spacial score (nSPS) is 16.4. The van der Waals surface area contributed by atoms with E-state index in [9.17, 15) is 14.0 Å².